The molecule has 0 aromatic heterocycles. The lowest BCUT2D eigenvalue weighted by molar-refractivity contribution is -0.135. The number of carbonyl (C=O) groups excluding carboxylic acids is 2. The van der Waals surface area contributed by atoms with Gasteiger partial charge in [-0.1, -0.05) is 12.1 Å². The van der Waals surface area contributed by atoms with Crippen LogP contribution in [0.3, 0.4) is 0 Å². The first-order valence-corrected chi connectivity index (χ1v) is 8.57. The predicted octanol–water partition coefficient (Wildman–Crippen LogP) is 0.866. The molecule has 6 heteroatoms. The van der Waals surface area contributed by atoms with Crippen LogP contribution >= 0.6 is 0 Å². The fraction of sp³-hybridized carbons (Fsp3) is 0.556. The van der Waals surface area contributed by atoms with Crippen LogP contribution in [0.25, 0.3) is 0 Å². The van der Waals surface area contributed by atoms with Crippen LogP contribution in [0.1, 0.15) is 18.4 Å². The maximum atomic E-state index is 12.7. The first-order chi connectivity index (χ1) is 11.7. The van der Waals surface area contributed by atoms with E-state index in [0.29, 0.717) is 19.5 Å². The molecule has 0 spiro atoms. The Bertz CT molecular complexity index is 580. The Kier molecular flexibility index (Phi) is 5.35. The summed E-state index contributed by atoms with van der Waals surface area (Å²) in [4.78, 5) is 28.7. The van der Waals surface area contributed by atoms with Crippen LogP contribution in [-0.2, 0) is 16.1 Å². The van der Waals surface area contributed by atoms with Crippen molar-refractivity contribution < 1.29 is 14.3 Å². The topological polar surface area (TPSA) is 61.9 Å². The van der Waals surface area contributed by atoms with Crippen LogP contribution in [0.4, 0.5) is 0 Å². The first kappa shape index (κ1) is 16.8. The molecule has 2 saturated heterocycles. The molecule has 1 aromatic rings. The Morgan fingerprint density at radius 2 is 2.04 bits per heavy atom. The molecule has 0 radical (unpaired) electrons. The molecule has 1 unspecified atom stereocenters. The highest BCUT2D eigenvalue weighted by Crippen LogP contribution is 2.23. The summed E-state index contributed by atoms with van der Waals surface area (Å²) in [7, 11) is 1.63. The highest BCUT2D eigenvalue weighted by molar-refractivity contribution is 5.89. The van der Waals surface area contributed by atoms with Gasteiger partial charge in [0.05, 0.1) is 13.0 Å². The summed E-state index contributed by atoms with van der Waals surface area (Å²) in [6.07, 6.45) is 1.31. The van der Waals surface area contributed by atoms with E-state index in [0.717, 1.165) is 43.9 Å². The second-order valence-electron chi connectivity index (χ2n) is 6.45. The van der Waals surface area contributed by atoms with Gasteiger partial charge < -0.3 is 19.9 Å². The summed E-state index contributed by atoms with van der Waals surface area (Å²) >= 11 is 0. The van der Waals surface area contributed by atoms with Gasteiger partial charge in [0.2, 0.25) is 11.8 Å². The second-order valence-corrected chi connectivity index (χ2v) is 6.45. The summed E-state index contributed by atoms with van der Waals surface area (Å²) in [5.41, 5.74) is 1.05. The quantitative estimate of drug-likeness (QED) is 0.889. The van der Waals surface area contributed by atoms with E-state index in [-0.39, 0.29) is 17.7 Å². The Morgan fingerprint density at radius 1 is 1.25 bits per heavy atom. The highest BCUT2D eigenvalue weighted by Gasteiger charge is 2.36. The Labute approximate surface area is 142 Å². The van der Waals surface area contributed by atoms with Crippen LogP contribution in [-0.4, -0.2) is 61.4 Å². The number of methoxy groups -OCH3 is 1. The number of ether oxygens (including phenoxy) is 1. The molecule has 2 aliphatic heterocycles. The number of amides is 2. The van der Waals surface area contributed by atoms with Gasteiger partial charge in [0.1, 0.15) is 5.75 Å². The molecule has 2 amide bonds. The molecule has 2 aliphatic rings. The minimum absolute atomic E-state index is 0.0668. The van der Waals surface area contributed by atoms with Crippen LogP contribution in [0.15, 0.2) is 24.3 Å². The zero-order valence-corrected chi connectivity index (χ0v) is 14.2. The molecule has 0 bridgehead atoms. The molecular formula is C18H25N3O3. The Hall–Kier alpha value is -2.08. The minimum atomic E-state index is -0.200. The van der Waals surface area contributed by atoms with Gasteiger partial charge in [-0.25, -0.2) is 0 Å². The maximum Gasteiger partial charge on any atom is 0.228 e. The average molecular weight is 331 g/mol. The van der Waals surface area contributed by atoms with Crippen LogP contribution in [0.5, 0.6) is 5.75 Å². The van der Waals surface area contributed by atoms with Crippen molar-refractivity contribution in [2.45, 2.75) is 19.4 Å². The van der Waals surface area contributed by atoms with E-state index in [1.54, 1.807) is 12.0 Å². The predicted molar refractivity (Wildman–Crippen MR) is 90.6 cm³/mol. The third-order valence-corrected chi connectivity index (χ3v) is 4.75. The van der Waals surface area contributed by atoms with Crippen LogP contribution < -0.4 is 10.1 Å². The monoisotopic (exact) mass is 331 g/mol. The second kappa shape index (κ2) is 7.66. The fourth-order valence-corrected chi connectivity index (χ4v) is 3.37. The molecular weight excluding hydrogens is 306 g/mol. The molecule has 0 aliphatic carbocycles. The zero-order chi connectivity index (χ0) is 16.9. The summed E-state index contributed by atoms with van der Waals surface area (Å²) in [6.45, 7) is 4.39. The standard InChI is InChI=1S/C18H25N3O3/c1-24-16-5-3-14(4-6-16)12-21-13-15(11-17(21)22)18(23)20-9-2-7-19-8-10-20/h3-6,15,19H,2,7-13H2,1H3. The Morgan fingerprint density at radius 3 is 2.79 bits per heavy atom. The largest absolute Gasteiger partial charge is 0.497 e. The van der Waals surface area contributed by atoms with Crippen LogP contribution in [0, 0.1) is 5.92 Å². The van der Waals surface area contributed by atoms with Gasteiger partial charge >= 0.3 is 0 Å². The van der Waals surface area contributed by atoms with Crippen molar-refractivity contribution in [3.63, 3.8) is 0 Å². The van der Waals surface area contributed by atoms with Gasteiger partial charge in [0.15, 0.2) is 0 Å². The first-order valence-electron chi connectivity index (χ1n) is 8.57. The number of carbonyl (C=O) groups is 2. The third kappa shape index (κ3) is 3.87. The molecule has 1 aromatic carbocycles. The normalized spacial score (nSPS) is 21.7. The summed E-state index contributed by atoms with van der Waals surface area (Å²) in [5, 5.41) is 3.30. The lowest BCUT2D eigenvalue weighted by atomic mass is 10.1. The van der Waals surface area contributed by atoms with Gasteiger partial charge in [0, 0.05) is 39.1 Å². The van der Waals surface area contributed by atoms with Crippen molar-refractivity contribution in [3.8, 4) is 5.75 Å². The SMILES string of the molecule is COc1ccc(CN2CC(C(=O)N3CCCNCC3)CC2=O)cc1. The van der Waals surface area contributed by atoms with Gasteiger partial charge in [-0.15, -0.1) is 0 Å². The molecule has 1 atom stereocenters. The van der Waals surface area contributed by atoms with Gasteiger partial charge in [-0.2, -0.15) is 0 Å². The fourth-order valence-electron chi connectivity index (χ4n) is 3.37. The van der Waals surface area contributed by atoms with Gasteiger partial charge in [-0.05, 0) is 30.7 Å². The van der Waals surface area contributed by atoms with Crippen molar-refractivity contribution in [1.29, 1.82) is 0 Å². The summed E-state index contributed by atoms with van der Waals surface area (Å²) < 4.78 is 5.15. The third-order valence-electron chi connectivity index (χ3n) is 4.75. The number of hydrogen-bond acceptors (Lipinski definition) is 4. The van der Waals surface area contributed by atoms with Crippen molar-refractivity contribution in [1.82, 2.24) is 15.1 Å². The molecule has 6 nitrogen and oxygen atoms in total. The van der Waals surface area contributed by atoms with E-state index < -0.39 is 0 Å². The number of hydrogen-bond donors (Lipinski definition) is 1. The molecule has 2 heterocycles. The van der Waals surface area contributed by atoms with E-state index in [4.69, 9.17) is 4.74 Å². The highest BCUT2D eigenvalue weighted by atomic mass is 16.5. The maximum absolute atomic E-state index is 12.7. The molecule has 2 fully saturated rings. The van der Waals surface area contributed by atoms with Gasteiger partial charge in [0.25, 0.3) is 0 Å². The summed E-state index contributed by atoms with van der Waals surface area (Å²) in [6, 6.07) is 7.70. The molecule has 1 N–H and O–H groups in total. The summed E-state index contributed by atoms with van der Waals surface area (Å²) in [5.74, 6) is 0.796. The number of likely N-dealkylation sites (tertiary alicyclic amines) is 1. The lowest BCUT2D eigenvalue weighted by Gasteiger charge is -2.23. The zero-order valence-electron chi connectivity index (χ0n) is 14.2. The number of nitrogens with one attached hydrogen (secondary N) is 1. The molecule has 0 saturated carbocycles. The van der Waals surface area contributed by atoms with Crippen molar-refractivity contribution in [2.75, 3.05) is 39.8 Å². The van der Waals surface area contributed by atoms with Crippen molar-refractivity contribution in [3.05, 3.63) is 29.8 Å². The number of rotatable bonds is 4. The average Bonchev–Trinajstić information content (AvgIpc) is 2.80. The van der Waals surface area contributed by atoms with Crippen molar-refractivity contribution in [2.24, 2.45) is 5.92 Å². The van der Waals surface area contributed by atoms with Crippen LogP contribution in [0.2, 0.25) is 0 Å². The van der Waals surface area contributed by atoms with E-state index in [2.05, 4.69) is 5.32 Å². The Balaban J connectivity index is 1.59. The van der Waals surface area contributed by atoms with E-state index in [9.17, 15) is 9.59 Å². The number of benzene rings is 1. The molecule has 130 valence electrons. The van der Waals surface area contributed by atoms with Gasteiger partial charge in [-0.3, -0.25) is 9.59 Å². The van der Waals surface area contributed by atoms with E-state index in [1.807, 2.05) is 29.2 Å². The lowest BCUT2D eigenvalue weighted by Crippen LogP contribution is -2.39. The van der Waals surface area contributed by atoms with Crippen molar-refractivity contribution >= 4 is 11.8 Å². The number of nitrogens with zero attached hydrogens (tertiary/aromatic N) is 2. The van der Waals surface area contributed by atoms with E-state index in [1.165, 1.54) is 0 Å². The molecule has 24 heavy (non-hydrogen) atoms. The van der Waals surface area contributed by atoms with E-state index >= 15 is 0 Å². The smallest absolute Gasteiger partial charge is 0.228 e. The molecule has 3 rings (SSSR count). The minimum Gasteiger partial charge on any atom is -0.497 e.